The number of anilines is 1. The highest BCUT2D eigenvalue weighted by Crippen LogP contribution is 2.32. The first kappa shape index (κ1) is 27.6. The number of carbonyl (C=O) groups excluding carboxylic acids is 2. The lowest BCUT2D eigenvalue weighted by Crippen LogP contribution is -2.26. The summed E-state index contributed by atoms with van der Waals surface area (Å²) < 4.78 is 59.1. The minimum absolute atomic E-state index is 0.0291. The fourth-order valence-corrected chi connectivity index (χ4v) is 6.63. The topological polar surface area (TPSA) is 140 Å². The summed E-state index contributed by atoms with van der Waals surface area (Å²) in [6.45, 7) is 0. The molecule has 1 saturated carbocycles. The van der Waals surface area contributed by atoms with Gasteiger partial charge in [-0.1, -0.05) is 35.1 Å². The van der Waals surface area contributed by atoms with Crippen LogP contribution < -0.4 is 10.1 Å². The van der Waals surface area contributed by atoms with E-state index in [1.54, 1.807) is 0 Å². The molecule has 1 amide bonds. The zero-order valence-corrected chi connectivity index (χ0v) is 21.7. The fourth-order valence-electron chi connectivity index (χ4n) is 3.85. The van der Waals surface area contributed by atoms with Crippen LogP contribution in [0.4, 0.5) is 13.9 Å². The van der Waals surface area contributed by atoms with E-state index in [0.29, 0.717) is 6.07 Å². The van der Waals surface area contributed by atoms with Crippen molar-refractivity contribution in [3.8, 4) is 5.75 Å². The first-order chi connectivity index (χ1) is 17.9. The lowest BCUT2D eigenvalue weighted by Gasteiger charge is -2.19. The summed E-state index contributed by atoms with van der Waals surface area (Å²) in [7, 11) is -3.80. The summed E-state index contributed by atoms with van der Waals surface area (Å²) in [5.41, 5.74) is 0.155. The largest absolute Gasteiger partial charge is 0.481 e. The van der Waals surface area contributed by atoms with Crippen molar-refractivity contribution in [3.05, 3.63) is 69.7 Å². The number of thiazole rings is 1. The molecule has 2 N–H and O–H groups in total. The van der Waals surface area contributed by atoms with Crippen LogP contribution in [0.1, 0.15) is 36.6 Å². The molecule has 2 unspecified atom stereocenters. The van der Waals surface area contributed by atoms with Crippen LogP contribution in [-0.2, 0) is 30.6 Å². The van der Waals surface area contributed by atoms with E-state index in [0.717, 1.165) is 23.5 Å². The monoisotopic (exact) mass is 584 g/mol. The van der Waals surface area contributed by atoms with Crippen molar-refractivity contribution in [1.82, 2.24) is 4.98 Å². The van der Waals surface area contributed by atoms with Gasteiger partial charge < -0.3 is 9.84 Å². The fraction of sp³-hybridized carbons (Fsp3) is 0.250. The van der Waals surface area contributed by atoms with Gasteiger partial charge in [-0.3, -0.25) is 19.7 Å². The molecule has 4 rings (SSSR count). The van der Waals surface area contributed by atoms with E-state index in [4.69, 9.17) is 21.4 Å². The van der Waals surface area contributed by atoms with Crippen LogP contribution in [0.15, 0.2) is 47.4 Å². The molecule has 0 saturated heterocycles. The van der Waals surface area contributed by atoms with Gasteiger partial charge in [-0.15, -0.1) is 0 Å². The van der Waals surface area contributed by atoms with Crippen molar-refractivity contribution in [1.29, 1.82) is 0 Å². The average molecular weight is 585 g/mol. The molecule has 1 aliphatic carbocycles. The number of hydrogen-bond acceptors (Lipinski definition) is 8. The van der Waals surface area contributed by atoms with Gasteiger partial charge in [-0.05, 0) is 30.7 Å². The number of aromatic nitrogens is 1. The quantitative estimate of drug-likeness (QED) is 0.378. The van der Waals surface area contributed by atoms with Crippen LogP contribution >= 0.6 is 22.9 Å². The third-order valence-corrected chi connectivity index (χ3v) is 9.19. The Kier molecular flexibility index (Phi) is 8.09. The Labute approximate surface area is 224 Å². The number of ether oxygens (including phenoxy) is 1. The Hall–Kier alpha value is -3.42. The number of amides is 1. The molecule has 2 aromatic carbocycles. The molecule has 0 bridgehead atoms. The van der Waals surface area contributed by atoms with Crippen LogP contribution in [0, 0.1) is 11.6 Å². The standard InChI is InChI=1S/C24H19ClF2N2O7S2/c25-22-18(11-20(31)32)28-24(37-22)29-23(33)21(36-19-8-3-13(26)9-17(19)27)12-1-5-15(6-2-12)38(34,35)16-7-4-14(30)10-16/h1-3,5-6,8-9,16,21H,4,7,10-11H2,(H,31,32)(H,28,29,33). The molecular formula is C24H19ClF2N2O7S2. The summed E-state index contributed by atoms with van der Waals surface area (Å²) in [4.78, 5) is 39.7. The van der Waals surface area contributed by atoms with Crippen LogP contribution in [0.5, 0.6) is 5.75 Å². The molecule has 1 fully saturated rings. The van der Waals surface area contributed by atoms with E-state index < -0.39 is 56.9 Å². The first-order valence-electron chi connectivity index (χ1n) is 11.1. The zero-order chi connectivity index (χ0) is 27.6. The molecule has 1 aliphatic rings. The molecule has 14 heteroatoms. The van der Waals surface area contributed by atoms with Crippen LogP contribution in [0.25, 0.3) is 0 Å². The molecule has 200 valence electrons. The minimum Gasteiger partial charge on any atom is -0.481 e. The van der Waals surface area contributed by atoms with Gasteiger partial charge in [-0.25, -0.2) is 22.2 Å². The third kappa shape index (κ3) is 6.17. The number of sulfone groups is 1. The van der Waals surface area contributed by atoms with E-state index in [1.807, 2.05) is 0 Å². The maximum atomic E-state index is 14.3. The van der Waals surface area contributed by atoms with Gasteiger partial charge in [0, 0.05) is 24.5 Å². The van der Waals surface area contributed by atoms with Crippen molar-refractivity contribution >= 4 is 55.6 Å². The van der Waals surface area contributed by atoms with Crippen molar-refractivity contribution < 1.29 is 41.4 Å². The van der Waals surface area contributed by atoms with E-state index in [9.17, 15) is 31.6 Å². The Morgan fingerprint density at radius 2 is 1.92 bits per heavy atom. The normalized spacial score (nSPS) is 16.3. The number of carbonyl (C=O) groups is 3. The Bertz CT molecular complexity index is 1510. The summed E-state index contributed by atoms with van der Waals surface area (Å²) >= 11 is 6.81. The number of halogens is 3. The smallest absolute Gasteiger partial charge is 0.309 e. The number of nitrogens with zero attached hydrogens (tertiary/aromatic N) is 1. The van der Waals surface area contributed by atoms with Crippen LogP contribution in [0.2, 0.25) is 4.34 Å². The van der Waals surface area contributed by atoms with E-state index in [1.165, 1.54) is 24.3 Å². The summed E-state index contributed by atoms with van der Waals surface area (Å²) in [5, 5.41) is 10.5. The number of carboxylic acids is 1. The maximum Gasteiger partial charge on any atom is 0.309 e. The second-order valence-corrected chi connectivity index (χ2v) is 12.2. The molecule has 1 aromatic heterocycles. The number of ketones is 1. The van der Waals surface area contributed by atoms with Crippen LogP contribution in [0.3, 0.4) is 0 Å². The first-order valence-corrected chi connectivity index (χ1v) is 13.8. The van der Waals surface area contributed by atoms with E-state index in [-0.39, 0.29) is 50.7 Å². The predicted molar refractivity (Wildman–Crippen MR) is 133 cm³/mol. The van der Waals surface area contributed by atoms with Crippen molar-refractivity contribution in [2.75, 3.05) is 5.32 Å². The summed E-state index contributed by atoms with van der Waals surface area (Å²) in [5.74, 6) is -4.56. The van der Waals surface area contributed by atoms with Crippen molar-refractivity contribution in [2.24, 2.45) is 0 Å². The molecule has 0 spiro atoms. The Morgan fingerprint density at radius 1 is 1.21 bits per heavy atom. The number of rotatable bonds is 9. The zero-order valence-electron chi connectivity index (χ0n) is 19.3. The number of Topliss-reactive ketones (excluding diaryl/α,β-unsaturated/α-hetero) is 1. The highest BCUT2D eigenvalue weighted by atomic mass is 35.5. The molecule has 1 heterocycles. The molecule has 38 heavy (non-hydrogen) atoms. The average Bonchev–Trinajstić information content (AvgIpc) is 3.43. The molecule has 0 aliphatic heterocycles. The minimum atomic E-state index is -3.80. The Morgan fingerprint density at radius 3 is 2.53 bits per heavy atom. The van der Waals surface area contributed by atoms with E-state index >= 15 is 0 Å². The summed E-state index contributed by atoms with van der Waals surface area (Å²) in [6, 6.07) is 7.62. The van der Waals surface area contributed by atoms with Crippen molar-refractivity contribution in [3.63, 3.8) is 0 Å². The van der Waals surface area contributed by atoms with Gasteiger partial charge in [0.1, 0.15) is 15.9 Å². The number of carboxylic acid groups (broad SMARTS) is 1. The predicted octanol–water partition coefficient (Wildman–Crippen LogP) is 4.36. The molecule has 2 atom stereocenters. The lowest BCUT2D eigenvalue weighted by molar-refractivity contribution is -0.136. The number of nitrogens with one attached hydrogen (secondary N) is 1. The van der Waals surface area contributed by atoms with Gasteiger partial charge in [0.25, 0.3) is 5.91 Å². The summed E-state index contributed by atoms with van der Waals surface area (Å²) in [6.07, 6.45) is -1.68. The number of benzene rings is 2. The molecule has 9 nitrogen and oxygen atoms in total. The molecule has 3 aromatic rings. The second-order valence-electron chi connectivity index (χ2n) is 8.39. The lowest BCUT2D eigenvalue weighted by atomic mass is 10.1. The van der Waals surface area contributed by atoms with Crippen molar-refractivity contribution in [2.45, 2.75) is 41.9 Å². The highest BCUT2D eigenvalue weighted by molar-refractivity contribution is 7.92. The third-order valence-electron chi connectivity index (χ3n) is 5.73. The molecular weight excluding hydrogens is 566 g/mol. The maximum absolute atomic E-state index is 14.3. The Balaban J connectivity index is 1.63. The van der Waals surface area contributed by atoms with Crippen LogP contribution in [-0.4, -0.2) is 41.4 Å². The molecule has 0 radical (unpaired) electrons. The second kappa shape index (κ2) is 11.1. The van der Waals surface area contributed by atoms with E-state index in [2.05, 4.69) is 10.3 Å². The number of aliphatic carboxylic acids is 1. The SMILES string of the molecule is O=C(O)Cc1nc(NC(=O)C(Oc2ccc(F)cc2F)c2ccc(S(=O)(=O)C3CCC(=O)C3)cc2)sc1Cl. The van der Waals surface area contributed by atoms with Gasteiger partial charge in [0.2, 0.25) is 6.10 Å². The van der Waals surface area contributed by atoms with Gasteiger partial charge in [0.15, 0.2) is 26.5 Å². The highest BCUT2D eigenvalue weighted by Gasteiger charge is 2.35. The number of hydrogen-bond donors (Lipinski definition) is 2. The van der Waals surface area contributed by atoms with Gasteiger partial charge in [-0.2, -0.15) is 0 Å². The van der Waals surface area contributed by atoms with Gasteiger partial charge in [0.05, 0.1) is 22.3 Å². The van der Waals surface area contributed by atoms with Gasteiger partial charge >= 0.3 is 5.97 Å².